The predicted molar refractivity (Wildman–Crippen MR) is 130 cm³/mol. The molecule has 2 aromatic rings. The molecule has 0 unspecified atom stereocenters. The van der Waals surface area contributed by atoms with Gasteiger partial charge >= 0.3 is 5.97 Å². The summed E-state index contributed by atoms with van der Waals surface area (Å²) < 4.78 is 6.72. The second-order valence-corrected chi connectivity index (χ2v) is 11.1. The number of hydrogen-bond donors (Lipinski definition) is 1. The maximum Gasteiger partial charge on any atom is 0.306 e. The zero-order chi connectivity index (χ0) is 22.9. The van der Waals surface area contributed by atoms with E-state index < -0.39 is 5.97 Å². The van der Waals surface area contributed by atoms with Gasteiger partial charge in [0.05, 0.1) is 12.0 Å². The van der Waals surface area contributed by atoms with Crippen molar-refractivity contribution in [1.29, 1.82) is 0 Å². The van der Waals surface area contributed by atoms with E-state index in [0.717, 1.165) is 57.0 Å². The standard InChI is InChI=1S/C28H39NO3/c1-19-17-26(32-22-11-9-21(10-12-22)28(2,3)4)25(24-8-6-5-7-23(19)24)18-29-15-13-20(14-16-29)27(30)31/h5-8,17,20-22H,9-16,18H2,1-4H3,(H,30,31)/t21-,22+. The van der Waals surface area contributed by atoms with Gasteiger partial charge in [-0.2, -0.15) is 0 Å². The number of piperidine rings is 1. The van der Waals surface area contributed by atoms with Crippen molar-refractivity contribution in [2.45, 2.75) is 78.9 Å². The van der Waals surface area contributed by atoms with E-state index in [9.17, 15) is 9.90 Å². The van der Waals surface area contributed by atoms with Gasteiger partial charge in [-0.1, -0.05) is 45.0 Å². The SMILES string of the molecule is Cc1cc(O[C@H]2CC[C@@H](C(C)(C)C)CC2)c(CN2CCC(C(=O)O)CC2)c2ccccc12. The van der Waals surface area contributed by atoms with Crippen molar-refractivity contribution >= 4 is 16.7 Å². The Morgan fingerprint density at radius 2 is 1.66 bits per heavy atom. The highest BCUT2D eigenvalue weighted by Gasteiger charge is 2.31. The largest absolute Gasteiger partial charge is 0.490 e. The summed E-state index contributed by atoms with van der Waals surface area (Å²) in [7, 11) is 0. The van der Waals surface area contributed by atoms with E-state index in [4.69, 9.17) is 4.74 Å². The summed E-state index contributed by atoms with van der Waals surface area (Å²) in [5, 5.41) is 11.9. The summed E-state index contributed by atoms with van der Waals surface area (Å²) in [6, 6.07) is 10.9. The number of carbonyl (C=O) groups is 1. The summed E-state index contributed by atoms with van der Waals surface area (Å²) in [5.74, 6) is 0.950. The Balaban J connectivity index is 1.55. The Kier molecular flexibility index (Phi) is 6.80. The van der Waals surface area contributed by atoms with Crippen molar-refractivity contribution < 1.29 is 14.6 Å². The van der Waals surface area contributed by atoms with E-state index >= 15 is 0 Å². The minimum atomic E-state index is -0.652. The smallest absolute Gasteiger partial charge is 0.306 e. The second kappa shape index (κ2) is 9.43. The molecule has 4 nitrogen and oxygen atoms in total. The third kappa shape index (κ3) is 5.11. The van der Waals surface area contributed by atoms with E-state index in [1.54, 1.807) is 0 Å². The number of rotatable bonds is 5. The first-order valence-electron chi connectivity index (χ1n) is 12.4. The van der Waals surface area contributed by atoms with Gasteiger partial charge in [0.15, 0.2) is 0 Å². The molecule has 1 saturated carbocycles. The molecular formula is C28H39NO3. The lowest BCUT2D eigenvalue weighted by molar-refractivity contribution is -0.143. The van der Waals surface area contributed by atoms with Crippen LogP contribution in [0.15, 0.2) is 30.3 Å². The molecule has 1 aliphatic heterocycles. The predicted octanol–water partition coefficient (Wildman–Crippen LogP) is 6.43. The molecule has 2 aliphatic rings. The molecule has 1 saturated heterocycles. The first-order valence-corrected chi connectivity index (χ1v) is 12.4. The van der Waals surface area contributed by atoms with E-state index in [1.807, 2.05) is 0 Å². The van der Waals surface area contributed by atoms with E-state index in [0.29, 0.717) is 5.41 Å². The molecule has 1 aliphatic carbocycles. The molecule has 0 spiro atoms. The highest BCUT2D eigenvalue weighted by molar-refractivity contribution is 5.90. The summed E-state index contributed by atoms with van der Waals surface area (Å²) in [6.07, 6.45) is 6.45. The number of ether oxygens (including phenoxy) is 1. The zero-order valence-electron chi connectivity index (χ0n) is 20.2. The Morgan fingerprint density at radius 1 is 1.03 bits per heavy atom. The van der Waals surface area contributed by atoms with Crippen LogP contribution >= 0.6 is 0 Å². The van der Waals surface area contributed by atoms with Crippen LogP contribution in [0.4, 0.5) is 0 Å². The van der Waals surface area contributed by atoms with Gasteiger partial charge in [0.25, 0.3) is 0 Å². The fraction of sp³-hybridized carbons (Fsp3) is 0.607. The molecule has 4 rings (SSSR count). The number of aliphatic carboxylic acids is 1. The summed E-state index contributed by atoms with van der Waals surface area (Å²) >= 11 is 0. The van der Waals surface area contributed by atoms with E-state index in [2.05, 4.69) is 62.9 Å². The number of hydrogen-bond acceptors (Lipinski definition) is 3. The Bertz CT molecular complexity index is 945. The molecule has 2 fully saturated rings. The third-order valence-electron chi connectivity index (χ3n) is 7.83. The van der Waals surface area contributed by atoms with Gasteiger partial charge in [0, 0.05) is 12.1 Å². The van der Waals surface area contributed by atoms with Crippen molar-refractivity contribution in [3.63, 3.8) is 0 Å². The van der Waals surface area contributed by atoms with Gasteiger partial charge in [-0.15, -0.1) is 0 Å². The lowest BCUT2D eigenvalue weighted by Gasteiger charge is -2.37. The first-order chi connectivity index (χ1) is 15.2. The van der Waals surface area contributed by atoms with Crippen LogP contribution in [0, 0.1) is 24.2 Å². The number of carboxylic acids is 1. The monoisotopic (exact) mass is 437 g/mol. The van der Waals surface area contributed by atoms with Crippen LogP contribution in [0.1, 0.15) is 70.4 Å². The average Bonchev–Trinajstić information content (AvgIpc) is 2.76. The van der Waals surface area contributed by atoms with E-state index in [1.165, 1.54) is 34.7 Å². The quantitative estimate of drug-likeness (QED) is 0.586. The van der Waals surface area contributed by atoms with Gasteiger partial charge in [-0.05, 0) is 92.3 Å². The molecular weight excluding hydrogens is 398 g/mol. The highest BCUT2D eigenvalue weighted by Crippen LogP contribution is 2.40. The second-order valence-electron chi connectivity index (χ2n) is 11.1. The lowest BCUT2D eigenvalue weighted by atomic mass is 9.72. The third-order valence-corrected chi connectivity index (χ3v) is 7.83. The lowest BCUT2D eigenvalue weighted by Crippen LogP contribution is -2.36. The molecule has 32 heavy (non-hydrogen) atoms. The topological polar surface area (TPSA) is 49.8 Å². The number of nitrogens with zero attached hydrogens (tertiary/aromatic N) is 1. The van der Waals surface area contributed by atoms with E-state index in [-0.39, 0.29) is 12.0 Å². The van der Waals surface area contributed by atoms with Crippen molar-refractivity contribution in [2.24, 2.45) is 17.3 Å². The normalized spacial score (nSPS) is 23.4. The number of likely N-dealkylation sites (tertiary alicyclic amines) is 1. The number of aryl methyl sites for hydroxylation is 1. The fourth-order valence-electron chi connectivity index (χ4n) is 5.64. The van der Waals surface area contributed by atoms with Crippen LogP contribution in [0.25, 0.3) is 10.8 Å². The molecule has 174 valence electrons. The summed E-state index contributed by atoms with van der Waals surface area (Å²) in [6.45, 7) is 11.7. The number of benzene rings is 2. The Morgan fingerprint density at radius 3 is 2.25 bits per heavy atom. The summed E-state index contributed by atoms with van der Waals surface area (Å²) in [5.41, 5.74) is 2.89. The fourth-order valence-corrected chi connectivity index (χ4v) is 5.64. The average molecular weight is 438 g/mol. The Labute approximate surface area is 192 Å². The van der Waals surface area contributed by atoms with Crippen LogP contribution in [0.3, 0.4) is 0 Å². The maximum absolute atomic E-state index is 11.4. The number of carboxylic acid groups (broad SMARTS) is 1. The molecule has 1 N–H and O–H groups in total. The molecule has 0 amide bonds. The van der Waals surface area contributed by atoms with Crippen LogP contribution in [-0.4, -0.2) is 35.2 Å². The summed E-state index contributed by atoms with van der Waals surface area (Å²) in [4.78, 5) is 13.8. The van der Waals surface area contributed by atoms with Crippen molar-refractivity contribution in [3.05, 3.63) is 41.5 Å². The van der Waals surface area contributed by atoms with Gasteiger partial charge in [0.2, 0.25) is 0 Å². The maximum atomic E-state index is 11.4. The van der Waals surface area contributed by atoms with Gasteiger partial charge in [0.1, 0.15) is 5.75 Å². The molecule has 4 heteroatoms. The van der Waals surface area contributed by atoms with Crippen LogP contribution < -0.4 is 4.74 Å². The zero-order valence-corrected chi connectivity index (χ0v) is 20.2. The minimum absolute atomic E-state index is 0.199. The van der Waals surface area contributed by atoms with Crippen LogP contribution in [-0.2, 0) is 11.3 Å². The van der Waals surface area contributed by atoms with Crippen LogP contribution in [0.5, 0.6) is 5.75 Å². The Hall–Kier alpha value is -2.07. The van der Waals surface area contributed by atoms with Gasteiger partial charge in [-0.25, -0.2) is 0 Å². The van der Waals surface area contributed by atoms with Crippen LogP contribution in [0.2, 0.25) is 0 Å². The van der Waals surface area contributed by atoms with Gasteiger partial charge < -0.3 is 9.84 Å². The van der Waals surface area contributed by atoms with Crippen molar-refractivity contribution in [2.75, 3.05) is 13.1 Å². The molecule has 2 aromatic carbocycles. The van der Waals surface area contributed by atoms with Gasteiger partial charge in [-0.3, -0.25) is 9.69 Å². The molecule has 0 bridgehead atoms. The molecule has 1 heterocycles. The molecule has 0 aromatic heterocycles. The molecule has 0 radical (unpaired) electrons. The van der Waals surface area contributed by atoms with Crippen molar-refractivity contribution in [1.82, 2.24) is 4.90 Å². The first kappa shape index (κ1) is 23.1. The molecule has 0 atom stereocenters. The highest BCUT2D eigenvalue weighted by atomic mass is 16.5. The minimum Gasteiger partial charge on any atom is -0.490 e. The number of fused-ring (bicyclic) bond motifs is 1. The van der Waals surface area contributed by atoms with Crippen molar-refractivity contribution in [3.8, 4) is 5.75 Å².